The molecule has 124 valence electrons. The van der Waals surface area contributed by atoms with Crippen LogP contribution in [0, 0.1) is 5.92 Å². The van der Waals surface area contributed by atoms with Gasteiger partial charge in [-0.1, -0.05) is 13.8 Å². The lowest BCUT2D eigenvalue weighted by Crippen LogP contribution is -2.28. The van der Waals surface area contributed by atoms with E-state index in [-0.39, 0.29) is 16.7 Å². The molecule has 0 spiro atoms. The second-order valence-corrected chi connectivity index (χ2v) is 7.29. The summed E-state index contributed by atoms with van der Waals surface area (Å²) in [6, 6.07) is 5.92. The third-order valence-electron chi connectivity index (χ3n) is 3.02. The lowest BCUT2D eigenvalue weighted by molar-refractivity contribution is 0.0953. The monoisotopic (exact) mass is 327 g/mol. The summed E-state index contributed by atoms with van der Waals surface area (Å²) in [5, 5.41) is 2.77. The Hall–Kier alpha value is -1.44. The molecular formula is C15H25N3O3S. The minimum atomic E-state index is -3.52. The van der Waals surface area contributed by atoms with Crippen LogP contribution in [-0.2, 0) is 10.0 Å². The van der Waals surface area contributed by atoms with E-state index in [0.29, 0.717) is 25.2 Å². The van der Waals surface area contributed by atoms with Crippen molar-refractivity contribution in [3.05, 3.63) is 29.8 Å². The second kappa shape index (κ2) is 8.87. The van der Waals surface area contributed by atoms with E-state index in [1.165, 1.54) is 24.3 Å². The van der Waals surface area contributed by atoms with Gasteiger partial charge in [0.2, 0.25) is 10.0 Å². The Morgan fingerprint density at radius 3 is 2.36 bits per heavy atom. The molecule has 0 heterocycles. The van der Waals surface area contributed by atoms with E-state index >= 15 is 0 Å². The zero-order valence-electron chi connectivity index (χ0n) is 13.1. The number of sulfonamides is 1. The normalized spacial score (nSPS) is 11.6. The van der Waals surface area contributed by atoms with Gasteiger partial charge in [-0.2, -0.15) is 0 Å². The summed E-state index contributed by atoms with van der Waals surface area (Å²) < 4.78 is 26.6. The topological polar surface area (TPSA) is 101 Å². The van der Waals surface area contributed by atoms with Crippen molar-refractivity contribution in [3.8, 4) is 0 Å². The van der Waals surface area contributed by atoms with Crippen LogP contribution >= 0.6 is 0 Å². The summed E-state index contributed by atoms with van der Waals surface area (Å²) in [5.41, 5.74) is 5.82. The number of carbonyl (C=O) groups is 1. The summed E-state index contributed by atoms with van der Waals surface area (Å²) in [4.78, 5) is 12.0. The van der Waals surface area contributed by atoms with Crippen molar-refractivity contribution < 1.29 is 13.2 Å². The van der Waals surface area contributed by atoms with Gasteiger partial charge in [-0.15, -0.1) is 0 Å². The van der Waals surface area contributed by atoms with Crippen LogP contribution in [0.2, 0.25) is 0 Å². The maximum Gasteiger partial charge on any atom is 0.251 e. The van der Waals surface area contributed by atoms with Gasteiger partial charge in [0, 0.05) is 18.7 Å². The number of benzene rings is 1. The quantitative estimate of drug-likeness (QED) is 0.591. The van der Waals surface area contributed by atoms with Crippen LogP contribution in [0.1, 0.15) is 37.0 Å². The van der Waals surface area contributed by atoms with Crippen molar-refractivity contribution in [1.29, 1.82) is 0 Å². The van der Waals surface area contributed by atoms with Crippen LogP contribution in [0.3, 0.4) is 0 Å². The summed E-state index contributed by atoms with van der Waals surface area (Å²) in [7, 11) is -3.52. The van der Waals surface area contributed by atoms with Gasteiger partial charge in [-0.05, 0) is 49.6 Å². The minimum Gasteiger partial charge on any atom is -0.352 e. The van der Waals surface area contributed by atoms with E-state index in [2.05, 4.69) is 10.0 Å². The first-order valence-corrected chi connectivity index (χ1v) is 8.93. The fourth-order valence-corrected chi connectivity index (χ4v) is 2.93. The SMILES string of the molecule is CC(C)CNS(=O)(=O)c1ccc(C(=O)NCCCCN)cc1. The number of rotatable bonds is 9. The Kier molecular flexibility index (Phi) is 7.50. The highest BCUT2D eigenvalue weighted by molar-refractivity contribution is 7.89. The van der Waals surface area contributed by atoms with Crippen molar-refractivity contribution in [2.24, 2.45) is 11.7 Å². The van der Waals surface area contributed by atoms with E-state index < -0.39 is 10.0 Å². The number of nitrogens with one attached hydrogen (secondary N) is 2. The van der Waals surface area contributed by atoms with Gasteiger partial charge >= 0.3 is 0 Å². The number of unbranched alkanes of at least 4 members (excludes halogenated alkanes) is 1. The molecule has 0 saturated heterocycles. The highest BCUT2D eigenvalue weighted by Gasteiger charge is 2.15. The Balaban J connectivity index is 2.64. The maximum absolute atomic E-state index is 12.0. The smallest absolute Gasteiger partial charge is 0.251 e. The van der Waals surface area contributed by atoms with E-state index in [4.69, 9.17) is 5.73 Å². The molecule has 0 aliphatic carbocycles. The summed E-state index contributed by atoms with van der Waals surface area (Å²) in [6.45, 7) is 5.41. The van der Waals surface area contributed by atoms with Gasteiger partial charge in [0.05, 0.1) is 4.90 Å². The molecule has 6 nitrogen and oxygen atoms in total. The molecule has 22 heavy (non-hydrogen) atoms. The average Bonchev–Trinajstić information content (AvgIpc) is 2.49. The fourth-order valence-electron chi connectivity index (χ4n) is 1.72. The highest BCUT2D eigenvalue weighted by Crippen LogP contribution is 2.11. The molecule has 0 aliphatic rings. The molecule has 1 aromatic rings. The minimum absolute atomic E-state index is 0.160. The fraction of sp³-hybridized carbons (Fsp3) is 0.533. The number of hydrogen-bond donors (Lipinski definition) is 3. The molecule has 7 heteroatoms. The Bertz CT molecular complexity index is 568. The first kappa shape index (κ1) is 18.6. The maximum atomic E-state index is 12.0. The molecule has 0 unspecified atom stereocenters. The summed E-state index contributed by atoms with van der Waals surface area (Å²) >= 11 is 0. The molecule has 1 aromatic carbocycles. The second-order valence-electron chi connectivity index (χ2n) is 5.52. The average molecular weight is 327 g/mol. The van der Waals surface area contributed by atoms with Gasteiger partial charge in [-0.3, -0.25) is 4.79 Å². The third-order valence-corrected chi connectivity index (χ3v) is 4.46. The van der Waals surface area contributed by atoms with Crippen molar-refractivity contribution in [2.45, 2.75) is 31.6 Å². The van der Waals surface area contributed by atoms with Crippen LogP contribution in [0.5, 0.6) is 0 Å². The zero-order chi connectivity index (χ0) is 16.6. The highest BCUT2D eigenvalue weighted by atomic mass is 32.2. The Labute approximate surface area is 132 Å². The molecule has 0 radical (unpaired) electrons. The standard InChI is InChI=1S/C15H25N3O3S/c1-12(2)11-18-22(20,21)14-7-5-13(6-8-14)15(19)17-10-4-3-9-16/h5-8,12,18H,3-4,9-11,16H2,1-2H3,(H,17,19). The van der Waals surface area contributed by atoms with Gasteiger partial charge in [0.15, 0.2) is 0 Å². The molecule has 0 aliphatic heterocycles. The van der Waals surface area contributed by atoms with Crippen LogP contribution in [0.25, 0.3) is 0 Å². The van der Waals surface area contributed by atoms with Crippen molar-refractivity contribution in [3.63, 3.8) is 0 Å². The Morgan fingerprint density at radius 2 is 1.82 bits per heavy atom. The predicted octanol–water partition coefficient (Wildman–Crippen LogP) is 1.09. The van der Waals surface area contributed by atoms with Gasteiger partial charge in [-0.25, -0.2) is 13.1 Å². The lowest BCUT2D eigenvalue weighted by atomic mass is 10.2. The van der Waals surface area contributed by atoms with Gasteiger partial charge in [0.25, 0.3) is 5.91 Å². The summed E-state index contributed by atoms with van der Waals surface area (Å²) in [6.07, 6.45) is 1.69. The van der Waals surface area contributed by atoms with E-state index in [0.717, 1.165) is 12.8 Å². The largest absolute Gasteiger partial charge is 0.352 e. The number of hydrogen-bond acceptors (Lipinski definition) is 4. The van der Waals surface area contributed by atoms with Crippen LogP contribution < -0.4 is 15.8 Å². The van der Waals surface area contributed by atoms with E-state index in [1.54, 1.807) is 0 Å². The van der Waals surface area contributed by atoms with Crippen molar-refractivity contribution >= 4 is 15.9 Å². The predicted molar refractivity (Wildman–Crippen MR) is 87.1 cm³/mol. The molecule has 0 aromatic heterocycles. The van der Waals surface area contributed by atoms with Crippen molar-refractivity contribution in [2.75, 3.05) is 19.6 Å². The van der Waals surface area contributed by atoms with Crippen molar-refractivity contribution in [1.82, 2.24) is 10.0 Å². The molecule has 4 N–H and O–H groups in total. The van der Waals surface area contributed by atoms with E-state index in [9.17, 15) is 13.2 Å². The Morgan fingerprint density at radius 1 is 1.18 bits per heavy atom. The lowest BCUT2D eigenvalue weighted by Gasteiger charge is -2.09. The van der Waals surface area contributed by atoms with E-state index in [1.807, 2.05) is 13.8 Å². The first-order valence-electron chi connectivity index (χ1n) is 7.45. The number of nitrogens with two attached hydrogens (primary N) is 1. The first-order chi connectivity index (χ1) is 10.4. The van der Waals surface area contributed by atoms with Gasteiger partial charge in [0.1, 0.15) is 0 Å². The van der Waals surface area contributed by atoms with Gasteiger partial charge < -0.3 is 11.1 Å². The van der Waals surface area contributed by atoms with Crippen LogP contribution in [-0.4, -0.2) is 34.0 Å². The van der Waals surface area contributed by atoms with Crippen LogP contribution in [0.15, 0.2) is 29.2 Å². The molecular weight excluding hydrogens is 302 g/mol. The molecule has 1 amide bonds. The third kappa shape index (κ3) is 6.13. The molecule has 0 bridgehead atoms. The van der Waals surface area contributed by atoms with Crippen LogP contribution in [0.4, 0.5) is 0 Å². The zero-order valence-corrected chi connectivity index (χ0v) is 13.9. The summed E-state index contributed by atoms with van der Waals surface area (Å²) in [5.74, 6) is 0.0180. The molecule has 0 fully saturated rings. The molecule has 0 saturated carbocycles. The molecule has 0 atom stereocenters. The number of carbonyl (C=O) groups excluding carboxylic acids is 1. The molecule has 1 rings (SSSR count). The number of amides is 1.